The molecule has 0 amide bonds. The highest BCUT2D eigenvalue weighted by atomic mass is 79.9. The lowest BCUT2D eigenvalue weighted by molar-refractivity contribution is -0.0566. The maximum absolute atomic E-state index is 10.4. The second-order valence-electron chi connectivity index (χ2n) is 4.97. The summed E-state index contributed by atoms with van der Waals surface area (Å²) >= 11 is 3.40. The summed E-state index contributed by atoms with van der Waals surface area (Å²) < 4.78 is 6.29. The largest absolute Gasteiger partial charge is 0.391 e. The van der Waals surface area contributed by atoms with E-state index in [0.29, 0.717) is 25.7 Å². The van der Waals surface area contributed by atoms with Crippen molar-refractivity contribution >= 4 is 15.9 Å². The molecule has 2 heterocycles. The van der Waals surface area contributed by atoms with Crippen molar-refractivity contribution in [2.45, 2.75) is 38.5 Å². The Morgan fingerprint density at radius 1 is 1.58 bits per heavy atom. The molecule has 0 bridgehead atoms. The number of aliphatic hydroxyl groups is 1. The van der Waals surface area contributed by atoms with Crippen LogP contribution in [-0.2, 0) is 4.74 Å². The number of ether oxygens (including phenoxy) is 1. The highest BCUT2D eigenvalue weighted by molar-refractivity contribution is 9.10. The molecule has 106 valence electrons. The molecule has 3 atom stereocenters. The minimum atomic E-state index is -0.414. The van der Waals surface area contributed by atoms with Gasteiger partial charge in [-0.25, -0.2) is 4.98 Å². The first-order valence-electron chi connectivity index (χ1n) is 6.77. The number of halogens is 1. The summed E-state index contributed by atoms with van der Waals surface area (Å²) in [4.78, 5) is 6.82. The Morgan fingerprint density at radius 3 is 3.00 bits per heavy atom. The van der Waals surface area contributed by atoms with Gasteiger partial charge in [-0.3, -0.25) is 4.90 Å². The molecule has 0 spiro atoms. The molecule has 1 aromatic rings. The quantitative estimate of drug-likeness (QED) is 0.862. The maximum Gasteiger partial charge on any atom is 0.106 e. The van der Waals surface area contributed by atoms with Crippen LogP contribution in [0.2, 0.25) is 0 Å². The van der Waals surface area contributed by atoms with Crippen molar-refractivity contribution in [3.05, 3.63) is 28.5 Å². The summed E-state index contributed by atoms with van der Waals surface area (Å²) in [7, 11) is 0. The van der Waals surface area contributed by atoms with E-state index in [0.717, 1.165) is 16.8 Å². The zero-order chi connectivity index (χ0) is 13.8. The molecular weight excluding hydrogens is 308 g/mol. The van der Waals surface area contributed by atoms with Crippen molar-refractivity contribution in [1.29, 1.82) is 0 Å². The van der Waals surface area contributed by atoms with E-state index in [1.54, 1.807) is 0 Å². The summed E-state index contributed by atoms with van der Waals surface area (Å²) in [6, 6.07) is 6.08. The van der Waals surface area contributed by atoms with Crippen LogP contribution in [0, 0.1) is 0 Å². The lowest BCUT2D eigenvalue weighted by Gasteiger charge is -2.41. The Bertz CT molecular complexity index is 416. The van der Waals surface area contributed by atoms with Crippen LogP contribution in [0.25, 0.3) is 0 Å². The number of rotatable bonds is 4. The summed E-state index contributed by atoms with van der Waals surface area (Å²) in [5.41, 5.74) is 0.914. The third-order valence-corrected chi connectivity index (χ3v) is 4.04. The van der Waals surface area contributed by atoms with Gasteiger partial charge in [-0.2, -0.15) is 0 Å². The van der Waals surface area contributed by atoms with Crippen molar-refractivity contribution in [3.8, 4) is 0 Å². The van der Waals surface area contributed by atoms with E-state index < -0.39 is 6.10 Å². The van der Waals surface area contributed by atoms with Crippen LogP contribution in [0.4, 0.5) is 0 Å². The Kier molecular flexibility index (Phi) is 5.33. The average molecular weight is 329 g/mol. The lowest BCUT2D eigenvalue weighted by atomic mass is 10.00. The fourth-order valence-electron chi connectivity index (χ4n) is 2.55. The molecule has 1 saturated heterocycles. The standard InChI is InChI=1S/C14H21BrN2O2/c1-3-12(18)14(11-5-4-6-13(15)16-11)17-7-8-19-9-10(17)2/h4-6,10,12,14,18H,3,7-9H2,1-2H3. The molecule has 3 unspecified atom stereocenters. The van der Waals surface area contributed by atoms with Gasteiger partial charge >= 0.3 is 0 Å². The molecule has 5 heteroatoms. The third kappa shape index (κ3) is 3.54. The van der Waals surface area contributed by atoms with Crippen molar-refractivity contribution in [2.75, 3.05) is 19.8 Å². The van der Waals surface area contributed by atoms with Crippen molar-refractivity contribution in [2.24, 2.45) is 0 Å². The minimum absolute atomic E-state index is 0.0681. The monoisotopic (exact) mass is 328 g/mol. The first-order valence-corrected chi connectivity index (χ1v) is 7.56. The average Bonchev–Trinajstić information content (AvgIpc) is 2.41. The molecule has 1 aromatic heterocycles. The predicted molar refractivity (Wildman–Crippen MR) is 78.0 cm³/mol. The van der Waals surface area contributed by atoms with Crippen LogP contribution in [-0.4, -0.2) is 46.9 Å². The second-order valence-corrected chi connectivity index (χ2v) is 5.78. The molecule has 19 heavy (non-hydrogen) atoms. The molecule has 1 aliphatic rings. The van der Waals surface area contributed by atoms with E-state index in [9.17, 15) is 5.11 Å². The van der Waals surface area contributed by atoms with Gasteiger partial charge < -0.3 is 9.84 Å². The zero-order valence-electron chi connectivity index (χ0n) is 11.4. The number of aromatic nitrogens is 1. The molecule has 1 N–H and O–H groups in total. The predicted octanol–water partition coefficient (Wildman–Crippen LogP) is 2.38. The van der Waals surface area contributed by atoms with Crippen LogP contribution in [0.1, 0.15) is 32.0 Å². The molecule has 0 radical (unpaired) electrons. The van der Waals surface area contributed by atoms with Crippen molar-refractivity contribution in [3.63, 3.8) is 0 Å². The van der Waals surface area contributed by atoms with Gasteiger partial charge in [0.15, 0.2) is 0 Å². The van der Waals surface area contributed by atoms with Crippen molar-refractivity contribution in [1.82, 2.24) is 9.88 Å². The van der Waals surface area contributed by atoms with Crippen LogP contribution >= 0.6 is 15.9 Å². The fraction of sp³-hybridized carbons (Fsp3) is 0.643. The lowest BCUT2D eigenvalue weighted by Crippen LogP contribution is -2.49. The normalized spacial score (nSPS) is 24.1. The van der Waals surface area contributed by atoms with Gasteiger partial charge in [0.2, 0.25) is 0 Å². The Hall–Kier alpha value is -0.490. The number of hydrogen-bond donors (Lipinski definition) is 1. The molecule has 1 aliphatic heterocycles. The third-order valence-electron chi connectivity index (χ3n) is 3.60. The van der Waals surface area contributed by atoms with E-state index in [4.69, 9.17) is 4.74 Å². The molecule has 1 fully saturated rings. The summed E-state index contributed by atoms with van der Waals surface area (Å²) in [6.45, 7) is 6.39. The smallest absolute Gasteiger partial charge is 0.106 e. The number of pyridine rings is 1. The zero-order valence-corrected chi connectivity index (χ0v) is 13.0. The van der Waals surface area contributed by atoms with Gasteiger partial charge in [0.05, 0.1) is 31.1 Å². The first kappa shape index (κ1) is 14.9. The van der Waals surface area contributed by atoms with Crippen LogP contribution in [0.15, 0.2) is 22.8 Å². The number of aliphatic hydroxyl groups excluding tert-OH is 1. The van der Waals surface area contributed by atoms with E-state index in [-0.39, 0.29) is 6.04 Å². The highest BCUT2D eigenvalue weighted by Crippen LogP contribution is 2.29. The highest BCUT2D eigenvalue weighted by Gasteiger charge is 2.32. The van der Waals surface area contributed by atoms with Gasteiger partial charge in [0.25, 0.3) is 0 Å². The summed E-state index contributed by atoms with van der Waals surface area (Å²) in [5.74, 6) is 0. The Balaban J connectivity index is 2.29. The summed E-state index contributed by atoms with van der Waals surface area (Å²) in [6.07, 6.45) is 0.297. The molecular formula is C14H21BrN2O2. The van der Waals surface area contributed by atoms with E-state index in [1.165, 1.54) is 0 Å². The second kappa shape index (κ2) is 6.79. The molecule has 0 saturated carbocycles. The topological polar surface area (TPSA) is 45.6 Å². The van der Waals surface area contributed by atoms with Gasteiger partial charge in [-0.15, -0.1) is 0 Å². The molecule has 2 rings (SSSR count). The molecule has 0 aromatic carbocycles. The Morgan fingerprint density at radius 2 is 2.37 bits per heavy atom. The van der Waals surface area contributed by atoms with E-state index >= 15 is 0 Å². The van der Waals surface area contributed by atoms with Crippen molar-refractivity contribution < 1.29 is 9.84 Å². The number of morpholine rings is 1. The maximum atomic E-state index is 10.4. The summed E-state index contributed by atoms with van der Waals surface area (Å²) in [5, 5.41) is 10.4. The number of nitrogens with zero attached hydrogens (tertiary/aromatic N) is 2. The van der Waals surface area contributed by atoms with E-state index in [1.807, 2.05) is 25.1 Å². The van der Waals surface area contributed by atoms with Crippen LogP contribution in [0.5, 0.6) is 0 Å². The van der Waals surface area contributed by atoms with Gasteiger partial charge in [-0.1, -0.05) is 13.0 Å². The van der Waals surface area contributed by atoms with Gasteiger partial charge in [-0.05, 0) is 41.4 Å². The van der Waals surface area contributed by atoms with Gasteiger partial charge in [0.1, 0.15) is 4.60 Å². The van der Waals surface area contributed by atoms with Crippen LogP contribution in [0.3, 0.4) is 0 Å². The minimum Gasteiger partial charge on any atom is -0.391 e. The van der Waals surface area contributed by atoms with Crippen LogP contribution < -0.4 is 0 Å². The molecule has 4 nitrogen and oxygen atoms in total. The fourth-order valence-corrected chi connectivity index (χ4v) is 2.91. The first-order chi connectivity index (χ1) is 9.13. The number of hydrogen-bond acceptors (Lipinski definition) is 4. The molecule has 0 aliphatic carbocycles. The van der Waals surface area contributed by atoms with Gasteiger partial charge in [0, 0.05) is 12.6 Å². The van der Waals surface area contributed by atoms with E-state index in [2.05, 4.69) is 32.7 Å². The SMILES string of the molecule is CCC(O)C(c1cccc(Br)n1)N1CCOCC1C. The Labute approximate surface area is 122 Å².